The SMILES string of the molecule is CC1(C)C[C@@H](NC(=O)CN(c2ccccc2)S(C)(=O)=O)c2ccccc2O1. The lowest BCUT2D eigenvalue weighted by molar-refractivity contribution is -0.120. The van der Waals surface area contributed by atoms with Gasteiger partial charge in [-0.3, -0.25) is 9.10 Å². The molecular weight excluding hydrogens is 364 g/mol. The number of para-hydroxylation sites is 2. The molecule has 27 heavy (non-hydrogen) atoms. The van der Waals surface area contributed by atoms with Crippen molar-refractivity contribution >= 4 is 21.6 Å². The molecule has 0 spiro atoms. The van der Waals surface area contributed by atoms with Gasteiger partial charge in [0.25, 0.3) is 0 Å². The first-order valence-electron chi connectivity index (χ1n) is 8.76. The number of sulfonamides is 1. The smallest absolute Gasteiger partial charge is 0.241 e. The van der Waals surface area contributed by atoms with Crippen LogP contribution in [0, 0.1) is 0 Å². The quantitative estimate of drug-likeness (QED) is 0.855. The van der Waals surface area contributed by atoms with Crippen LogP contribution in [0.15, 0.2) is 54.6 Å². The van der Waals surface area contributed by atoms with Gasteiger partial charge in [0.05, 0.1) is 18.0 Å². The van der Waals surface area contributed by atoms with E-state index in [1.807, 2.05) is 38.1 Å². The summed E-state index contributed by atoms with van der Waals surface area (Å²) in [7, 11) is -3.59. The van der Waals surface area contributed by atoms with Crippen LogP contribution in [0.25, 0.3) is 0 Å². The van der Waals surface area contributed by atoms with E-state index >= 15 is 0 Å². The Balaban J connectivity index is 1.80. The fourth-order valence-electron chi connectivity index (χ4n) is 3.30. The molecule has 0 aliphatic carbocycles. The van der Waals surface area contributed by atoms with Crippen LogP contribution in [0.5, 0.6) is 5.75 Å². The second kappa shape index (κ2) is 7.23. The van der Waals surface area contributed by atoms with Crippen molar-refractivity contribution < 1.29 is 17.9 Å². The van der Waals surface area contributed by atoms with E-state index in [9.17, 15) is 13.2 Å². The van der Waals surface area contributed by atoms with Crippen LogP contribution in [0.4, 0.5) is 5.69 Å². The lowest BCUT2D eigenvalue weighted by Gasteiger charge is -2.38. The molecule has 3 rings (SSSR count). The molecule has 6 nitrogen and oxygen atoms in total. The second-order valence-electron chi connectivity index (χ2n) is 7.33. The second-order valence-corrected chi connectivity index (χ2v) is 9.24. The number of ether oxygens (including phenoxy) is 1. The van der Waals surface area contributed by atoms with Crippen LogP contribution in [0.1, 0.15) is 31.9 Å². The molecule has 0 radical (unpaired) electrons. The normalized spacial score (nSPS) is 18.1. The zero-order valence-electron chi connectivity index (χ0n) is 15.7. The molecule has 1 aliphatic rings. The molecular formula is C20H24N2O4S. The number of nitrogens with one attached hydrogen (secondary N) is 1. The Hall–Kier alpha value is -2.54. The van der Waals surface area contributed by atoms with Crippen molar-refractivity contribution in [3.05, 3.63) is 60.2 Å². The standard InChI is InChI=1S/C20H24N2O4S/c1-20(2)13-17(16-11-7-8-12-18(16)26-20)21-19(23)14-22(27(3,24)25)15-9-5-4-6-10-15/h4-12,17H,13-14H2,1-3H3,(H,21,23)/t17-/m1/s1. The van der Waals surface area contributed by atoms with E-state index in [0.29, 0.717) is 12.1 Å². The Morgan fingerprint density at radius 2 is 1.78 bits per heavy atom. The van der Waals surface area contributed by atoms with E-state index in [2.05, 4.69) is 5.32 Å². The molecule has 144 valence electrons. The molecule has 1 atom stereocenters. The van der Waals surface area contributed by atoms with Gasteiger partial charge in [-0.2, -0.15) is 0 Å². The van der Waals surface area contributed by atoms with Gasteiger partial charge in [-0.05, 0) is 32.0 Å². The lowest BCUT2D eigenvalue weighted by Crippen LogP contribution is -2.45. The number of nitrogens with zero attached hydrogens (tertiary/aromatic N) is 1. The minimum Gasteiger partial charge on any atom is -0.487 e. The van der Waals surface area contributed by atoms with Crippen molar-refractivity contribution in [3.63, 3.8) is 0 Å². The maximum atomic E-state index is 12.7. The molecule has 0 bridgehead atoms. The predicted molar refractivity (Wildman–Crippen MR) is 105 cm³/mol. The number of hydrogen-bond donors (Lipinski definition) is 1. The third-order valence-electron chi connectivity index (χ3n) is 4.44. The van der Waals surface area contributed by atoms with Gasteiger partial charge in [0.15, 0.2) is 0 Å². The Morgan fingerprint density at radius 3 is 2.44 bits per heavy atom. The summed E-state index contributed by atoms with van der Waals surface area (Å²) >= 11 is 0. The summed E-state index contributed by atoms with van der Waals surface area (Å²) < 4.78 is 31.5. The molecule has 0 aromatic heterocycles. The van der Waals surface area contributed by atoms with E-state index in [-0.39, 0.29) is 18.5 Å². The third-order valence-corrected chi connectivity index (χ3v) is 5.58. The number of carbonyl (C=O) groups is 1. The van der Waals surface area contributed by atoms with Crippen LogP contribution in [-0.2, 0) is 14.8 Å². The average Bonchev–Trinajstić information content (AvgIpc) is 2.58. The molecule has 0 saturated carbocycles. The number of fused-ring (bicyclic) bond motifs is 1. The Labute approximate surface area is 160 Å². The minimum atomic E-state index is -3.59. The van der Waals surface area contributed by atoms with Gasteiger partial charge in [0.2, 0.25) is 15.9 Å². The maximum absolute atomic E-state index is 12.7. The van der Waals surface area contributed by atoms with Gasteiger partial charge in [-0.25, -0.2) is 8.42 Å². The molecule has 1 N–H and O–H groups in total. The first kappa shape index (κ1) is 19.2. The Morgan fingerprint density at radius 1 is 1.15 bits per heavy atom. The van der Waals surface area contributed by atoms with Crippen LogP contribution >= 0.6 is 0 Å². The molecule has 0 fully saturated rings. The van der Waals surface area contributed by atoms with Crippen LogP contribution in [0.2, 0.25) is 0 Å². The molecule has 0 saturated heterocycles. The van der Waals surface area contributed by atoms with Gasteiger partial charge >= 0.3 is 0 Å². The third kappa shape index (κ3) is 4.60. The number of benzene rings is 2. The van der Waals surface area contributed by atoms with Gasteiger partial charge in [0, 0.05) is 12.0 Å². The van der Waals surface area contributed by atoms with E-state index in [1.54, 1.807) is 30.3 Å². The van der Waals surface area contributed by atoms with Crippen molar-refractivity contribution in [2.45, 2.75) is 31.9 Å². The molecule has 1 heterocycles. The predicted octanol–water partition coefficient (Wildman–Crippen LogP) is 2.87. The highest BCUT2D eigenvalue weighted by atomic mass is 32.2. The molecule has 0 unspecified atom stereocenters. The van der Waals surface area contributed by atoms with E-state index < -0.39 is 15.6 Å². The Kier molecular flexibility index (Phi) is 5.15. The van der Waals surface area contributed by atoms with Crippen molar-refractivity contribution in [2.75, 3.05) is 17.1 Å². The fourth-order valence-corrected chi connectivity index (χ4v) is 4.15. The summed E-state index contributed by atoms with van der Waals surface area (Å²) in [6, 6.07) is 15.9. The average molecular weight is 388 g/mol. The summed E-state index contributed by atoms with van der Waals surface area (Å²) in [6.07, 6.45) is 1.69. The van der Waals surface area contributed by atoms with Crippen molar-refractivity contribution in [2.24, 2.45) is 0 Å². The van der Waals surface area contributed by atoms with E-state index in [1.165, 1.54) is 0 Å². The first-order chi connectivity index (χ1) is 12.7. The lowest BCUT2D eigenvalue weighted by atomic mass is 9.89. The number of carbonyl (C=O) groups excluding carboxylic acids is 1. The molecule has 2 aromatic carbocycles. The fraction of sp³-hybridized carbons (Fsp3) is 0.350. The number of amides is 1. The van der Waals surface area contributed by atoms with Crippen molar-refractivity contribution in [3.8, 4) is 5.75 Å². The number of rotatable bonds is 5. The highest BCUT2D eigenvalue weighted by Gasteiger charge is 2.34. The summed E-state index contributed by atoms with van der Waals surface area (Å²) in [4.78, 5) is 12.7. The highest BCUT2D eigenvalue weighted by molar-refractivity contribution is 7.92. The monoisotopic (exact) mass is 388 g/mol. The van der Waals surface area contributed by atoms with Crippen LogP contribution < -0.4 is 14.4 Å². The first-order valence-corrected chi connectivity index (χ1v) is 10.6. The summed E-state index contributed by atoms with van der Waals surface area (Å²) in [5, 5.41) is 2.98. The van der Waals surface area contributed by atoms with E-state index in [0.717, 1.165) is 21.9 Å². The number of hydrogen-bond acceptors (Lipinski definition) is 4. The summed E-state index contributed by atoms with van der Waals surface area (Å²) in [5.74, 6) is 0.379. The topological polar surface area (TPSA) is 75.7 Å². The molecule has 7 heteroatoms. The van der Waals surface area contributed by atoms with Crippen LogP contribution in [-0.4, -0.2) is 32.7 Å². The zero-order valence-corrected chi connectivity index (χ0v) is 16.5. The molecule has 1 aliphatic heterocycles. The van der Waals surface area contributed by atoms with Crippen molar-refractivity contribution in [1.82, 2.24) is 5.32 Å². The maximum Gasteiger partial charge on any atom is 0.241 e. The van der Waals surface area contributed by atoms with Gasteiger partial charge in [-0.15, -0.1) is 0 Å². The number of anilines is 1. The van der Waals surface area contributed by atoms with Gasteiger partial charge < -0.3 is 10.1 Å². The van der Waals surface area contributed by atoms with E-state index in [4.69, 9.17) is 4.74 Å². The largest absolute Gasteiger partial charge is 0.487 e. The summed E-state index contributed by atoms with van der Waals surface area (Å²) in [5.41, 5.74) is 0.932. The minimum absolute atomic E-state index is 0.241. The zero-order chi connectivity index (χ0) is 19.7. The highest BCUT2D eigenvalue weighted by Crippen LogP contribution is 2.39. The Bertz CT molecular complexity index is 926. The summed E-state index contributed by atoms with van der Waals surface area (Å²) in [6.45, 7) is 3.66. The van der Waals surface area contributed by atoms with Crippen molar-refractivity contribution in [1.29, 1.82) is 0 Å². The molecule has 2 aromatic rings. The van der Waals surface area contributed by atoms with Gasteiger partial charge in [0.1, 0.15) is 17.9 Å². The van der Waals surface area contributed by atoms with Crippen LogP contribution in [0.3, 0.4) is 0 Å². The molecule has 1 amide bonds. The van der Waals surface area contributed by atoms with Gasteiger partial charge in [-0.1, -0.05) is 36.4 Å².